The van der Waals surface area contributed by atoms with E-state index in [0.717, 1.165) is 22.7 Å². The summed E-state index contributed by atoms with van der Waals surface area (Å²) in [5.41, 5.74) is 2.44. The Kier molecular flexibility index (Phi) is 2.94. The van der Waals surface area contributed by atoms with Gasteiger partial charge in [-0.15, -0.1) is 0 Å². The first-order chi connectivity index (χ1) is 10.0. The van der Waals surface area contributed by atoms with Gasteiger partial charge in [-0.05, 0) is 32.1 Å². The van der Waals surface area contributed by atoms with E-state index in [1.165, 1.54) is 13.0 Å². The summed E-state index contributed by atoms with van der Waals surface area (Å²) >= 11 is 0. The van der Waals surface area contributed by atoms with Gasteiger partial charge >= 0.3 is 0 Å². The number of hydrogen-bond acceptors (Lipinski definition) is 3. The van der Waals surface area contributed by atoms with Crippen molar-refractivity contribution in [2.45, 2.75) is 13.8 Å². The number of carbonyl (C=O) groups excluding carboxylic acids is 3. The molecule has 0 radical (unpaired) electrons. The van der Waals surface area contributed by atoms with E-state index in [1.807, 2.05) is 31.2 Å². The average molecular weight is 279 g/mol. The van der Waals surface area contributed by atoms with Crippen LogP contribution in [0.3, 0.4) is 0 Å². The third-order valence-electron chi connectivity index (χ3n) is 3.62. The van der Waals surface area contributed by atoms with Crippen LogP contribution in [0.15, 0.2) is 42.0 Å². The van der Waals surface area contributed by atoms with Crippen LogP contribution < -0.4 is 0 Å². The van der Waals surface area contributed by atoms with Crippen LogP contribution in [0.2, 0.25) is 0 Å². The Morgan fingerprint density at radius 3 is 2.43 bits per heavy atom. The van der Waals surface area contributed by atoms with Crippen molar-refractivity contribution in [3.63, 3.8) is 0 Å². The maximum absolute atomic E-state index is 12.3. The highest BCUT2D eigenvalue weighted by molar-refractivity contribution is 6.44. The Balaban J connectivity index is 2.41. The lowest BCUT2D eigenvalue weighted by molar-refractivity contribution is -0.119. The Morgan fingerprint density at radius 1 is 1.05 bits per heavy atom. The van der Waals surface area contributed by atoms with Crippen molar-refractivity contribution >= 4 is 33.8 Å². The van der Waals surface area contributed by atoms with Crippen LogP contribution in [0, 0.1) is 6.92 Å². The summed E-state index contributed by atoms with van der Waals surface area (Å²) < 4.78 is 0. The molecule has 1 heterocycles. The van der Waals surface area contributed by atoms with Gasteiger partial charge in [0.1, 0.15) is 0 Å². The number of hydrogen-bond donors (Lipinski definition) is 1. The molecule has 0 unspecified atom stereocenters. The van der Waals surface area contributed by atoms with E-state index in [9.17, 15) is 14.4 Å². The summed E-state index contributed by atoms with van der Waals surface area (Å²) in [6.07, 6.45) is 2.39. The highest BCUT2D eigenvalue weighted by Crippen LogP contribution is 2.33. The van der Waals surface area contributed by atoms with Gasteiger partial charge in [-0.2, -0.15) is 0 Å². The van der Waals surface area contributed by atoms with Crippen LogP contribution in [0.5, 0.6) is 0 Å². The molecule has 0 bridgehead atoms. The summed E-state index contributed by atoms with van der Waals surface area (Å²) in [4.78, 5) is 39.3. The number of aromatic amines is 1. The lowest BCUT2D eigenvalue weighted by atomic mass is 9.86. The summed E-state index contributed by atoms with van der Waals surface area (Å²) in [7, 11) is 0. The Bertz CT molecular complexity index is 865. The Morgan fingerprint density at radius 2 is 1.71 bits per heavy atom. The maximum atomic E-state index is 12.3. The quantitative estimate of drug-likeness (QED) is 0.678. The molecule has 1 aromatic heterocycles. The predicted molar refractivity (Wildman–Crippen MR) is 79.8 cm³/mol. The van der Waals surface area contributed by atoms with E-state index in [4.69, 9.17) is 0 Å². The average Bonchev–Trinajstić information content (AvgIpc) is 2.76. The molecule has 1 aliphatic rings. The van der Waals surface area contributed by atoms with E-state index in [2.05, 4.69) is 4.98 Å². The molecule has 1 N–H and O–H groups in total. The number of allylic oxidation sites excluding steroid dienone is 4. The Labute approximate surface area is 121 Å². The van der Waals surface area contributed by atoms with Crippen molar-refractivity contribution in [3.05, 3.63) is 53.2 Å². The fourth-order valence-corrected chi connectivity index (χ4v) is 2.76. The summed E-state index contributed by atoms with van der Waals surface area (Å²) in [6.45, 7) is 3.14. The van der Waals surface area contributed by atoms with E-state index in [-0.39, 0.29) is 16.9 Å². The molecule has 1 aliphatic carbocycles. The molecule has 0 saturated carbocycles. The van der Waals surface area contributed by atoms with Crippen molar-refractivity contribution in [2.75, 3.05) is 0 Å². The van der Waals surface area contributed by atoms with Crippen molar-refractivity contribution in [1.29, 1.82) is 0 Å². The fraction of sp³-hybridized carbons (Fsp3) is 0.118. The topological polar surface area (TPSA) is 67.0 Å². The first-order valence-corrected chi connectivity index (χ1v) is 6.60. The fourth-order valence-electron chi connectivity index (χ4n) is 2.76. The highest BCUT2D eigenvalue weighted by atomic mass is 16.2. The molecule has 21 heavy (non-hydrogen) atoms. The van der Waals surface area contributed by atoms with E-state index in [1.54, 1.807) is 0 Å². The molecule has 0 saturated heterocycles. The number of ketones is 3. The molecular weight excluding hydrogens is 266 g/mol. The molecule has 4 heteroatoms. The number of benzene rings is 1. The summed E-state index contributed by atoms with van der Waals surface area (Å²) in [5, 5.41) is 0.834. The number of fused-ring (bicyclic) bond motifs is 1. The number of H-pyrrole nitrogens is 1. The van der Waals surface area contributed by atoms with Gasteiger partial charge in [0.25, 0.3) is 0 Å². The zero-order valence-electron chi connectivity index (χ0n) is 11.7. The van der Waals surface area contributed by atoms with Crippen molar-refractivity contribution in [1.82, 2.24) is 4.98 Å². The summed E-state index contributed by atoms with van der Waals surface area (Å²) in [6, 6.07) is 7.51. The minimum atomic E-state index is -0.415. The molecule has 1 aromatic carbocycles. The number of aryl methyl sites for hydroxylation is 1. The van der Waals surface area contributed by atoms with Gasteiger partial charge in [-0.3, -0.25) is 14.4 Å². The molecule has 2 aromatic rings. The maximum Gasteiger partial charge on any atom is 0.190 e. The zero-order chi connectivity index (χ0) is 15.1. The molecule has 3 rings (SSSR count). The number of para-hydroxylation sites is 1. The third-order valence-corrected chi connectivity index (χ3v) is 3.62. The van der Waals surface area contributed by atoms with Crippen LogP contribution in [-0.4, -0.2) is 22.3 Å². The molecule has 0 aliphatic heterocycles. The largest absolute Gasteiger partial charge is 0.358 e. The number of Topliss-reactive ketones (excluding diaryl/α,β-unsaturated/α-hetero) is 1. The van der Waals surface area contributed by atoms with Gasteiger partial charge in [0.2, 0.25) is 0 Å². The van der Waals surface area contributed by atoms with Gasteiger partial charge in [-0.1, -0.05) is 18.2 Å². The minimum absolute atomic E-state index is 0.0321. The highest BCUT2D eigenvalue weighted by Gasteiger charge is 2.29. The first-order valence-electron chi connectivity index (χ1n) is 6.60. The van der Waals surface area contributed by atoms with Crippen LogP contribution in [0.4, 0.5) is 0 Å². The van der Waals surface area contributed by atoms with Gasteiger partial charge in [-0.25, -0.2) is 0 Å². The molecule has 4 nitrogen and oxygen atoms in total. The second-order valence-corrected chi connectivity index (χ2v) is 5.04. The monoisotopic (exact) mass is 279 g/mol. The van der Waals surface area contributed by atoms with E-state index >= 15 is 0 Å². The summed E-state index contributed by atoms with van der Waals surface area (Å²) in [5.74, 6) is -1.12. The minimum Gasteiger partial charge on any atom is -0.358 e. The van der Waals surface area contributed by atoms with E-state index in [0.29, 0.717) is 5.56 Å². The normalized spacial score (nSPS) is 15.1. The molecule has 0 amide bonds. The number of carbonyl (C=O) groups is 3. The molecule has 0 fully saturated rings. The third kappa shape index (κ3) is 1.96. The smallest absolute Gasteiger partial charge is 0.190 e. The van der Waals surface area contributed by atoms with Gasteiger partial charge in [0.15, 0.2) is 17.3 Å². The predicted octanol–water partition coefficient (Wildman–Crippen LogP) is 2.53. The van der Waals surface area contributed by atoms with Gasteiger partial charge < -0.3 is 4.98 Å². The molecule has 104 valence electrons. The lowest BCUT2D eigenvalue weighted by Crippen LogP contribution is -2.19. The van der Waals surface area contributed by atoms with Crippen LogP contribution in [-0.2, 0) is 14.4 Å². The van der Waals surface area contributed by atoms with Crippen LogP contribution in [0.1, 0.15) is 18.2 Å². The van der Waals surface area contributed by atoms with Crippen molar-refractivity contribution in [2.24, 2.45) is 0 Å². The zero-order valence-corrected chi connectivity index (χ0v) is 11.7. The van der Waals surface area contributed by atoms with Gasteiger partial charge in [0, 0.05) is 27.7 Å². The lowest BCUT2D eigenvalue weighted by Gasteiger charge is -2.13. The van der Waals surface area contributed by atoms with Crippen LogP contribution in [0.25, 0.3) is 16.5 Å². The standard InChI is InChI=1S/C17H13NO3/c1-9-15(11-5-3-4-6-12(11)18-9)17-14(21)8-7-13(20)16(17)10(2)19/h3-8,18H,1-2H3. The number of nitrogens with one attached hydrogen (secondary N) is 1. The molecular formula is C17H13NO3. The number of rotatable bonds is 2. The molecule has 0 atom stereocenters. The first kappa shape index (κ1) is 13.2. The number of aromatic nitrogens is 1. The van der Waals surface area contributed by atoms with Crippen LogP contribution >= 0.6 is 0 Å². The molecule has 0 spiro atoms. The van der Waals surface area contributed by atoms with Crippen molar-refractivity contribution < 1.29 is 14.4 Å². The van der Waals surface area contributed by atoms with Crippen molar-refractivity contribution in [3.8, 4) is 0 Å². The Hall–Kier alpha value is -2.75. The second-order valence-electron chi connectivity index (χ2n) is 5.04. The van der Waals surface area contributed by atoms with Gasteiger partial charge in [0.05, 0.1) is 5.57 Å². The second kappa shape index (κ2) is 4.66. The van der Waals surface area contributed by atoms with E-state index < -0.39 is 11.6 Å². The SMILES string of the molecule is CC(=O)C1=C(c2c(C)[nH]c3ccccc23)C(=O)C=CC1=O.